The lowest BCUT2D eigenvalue weighted by molar-refractivity contribution is 0.0945. The van der Waals surface area contributed by atoms with E-state index in [9.17, 15) is 13.6 Å². The summed E-state index contributed by atoms with van der Waals surface area (Å²) in [5.41, 5.74) is 0.865. The fourth-order valence-corrected chi connectivity index (χ4v) is 2.53. The molecule has 2 aromatic carbocycles. The van der Waals surface area contributed by atoms with Crippen LogP contribution in [0.3, 0.4) is 0 Å². The van der Waals surface area contributed by atoms with Crippen LogP contribution in [0.5, 0.6) is 0 Å². The molecule has 0 radical (unpaired) electrons. The Balaban J connectivity index is 1.71. The molecule has 3 rings (SSSR count). The fraction of sp³-hybridized carbons (Fsp3) is 0.235. The molecule has 108 valence electrons. The number of hydrogen-bond acceptors (Lipinski definition) is 1. The molecular formula is C17H15F2NO. The lowest BCUT2D eigenvalue weighted by atomic mass is 9.96. The summed E-state index contributed by atoms with van der Waals surface area (Å²) in [4.78, 5) is 12.0. The van der Waals surface area contributed by atoms with Crippen LogP contribution in [0.4, 0.5) is 8.78 Å². The van der Waals surface area contributed by atoms with Gasteiger partial charge in [-0.25, -0.2) is 8.78 Å². The summed E-state index contributed by atoms with van der Waals surface area (Å²) in [6.07, 6.45) is 1.98. The molecule has 0 spiro atoms. The van der Waals surface area contributed by atoms with Crippen molar-refractivity contribution in [3.63, 3.8) is 0 Å². The van der Waals surface area contributed by atoms with E-state index in [1.807, 2.05) is 30.3 Å². The number of hydrogen-bond donors (Lipinski definition) is 1. The molecule has 0 atom stereocenters. The van der Waals surface area contributed by atoms with Gasteiger partial charge in [-0.1, -0.05) is 30.3 Å². The molecule has 2 nitrogen and oxygen atoms in total. The van der Waals surface area contributed by atoms with Crippen molar-refractivity contribution >= 4 is 5.91 Å². The Morgan fingerprint density at radius 1 is 1.10 bits per heavy atom. The zero-order chi connectivity index (χ0) is 14.9. The average Bonchev–Trinajstić information content (AvgIpc) is 3.29. The Morgan fingerprint density at radius 3 is 2.48 bits per heavy atom. The van der Waals surface area contributed by atoms with Crippen molar-refractivity contribution in [3.05, 3.63) is 71.3 Å². The maximum Gasteiger partial charge on any atom is 0.254 e. The van der Waals surface area contributed by atoms with E-state index >= 15 is 0 Å². The van der Waals surface area contributed by atoms with Gasteiger partial charge in [0, 0.05) is 12.0 Å². The number of rotatable bonds is 4. The molecule has 21 heavy (non-hydrogen) atoms. The first-order valence-corrected chi connectivity index (χ1v) is 6.90. The van der Waals surface area contributed by atoms with Crippen LogP contribution in [0, 0.1) is 11.6 Å². The van der Waals surface area contributed by atoms with E-state index in [0.717, 1.165) is 31.0 Å². The van der Waals surface area contributed by atoms with E-state index in [0.29, 0.717) is 6.54 Å². The first-order chi connectivity index (χ1) is 10.1. The van der Waals surface area contributed by atoms with Crippen LogP contribution < -0.4 is 5.32 Å². The van der Waals surface area contributed by atoms with Gasteiger partial charge in [-0.3, -0.25) is 4.79 Å². The first kappa shape index (κ1) is 13.7. The van der Waals surface area contributed by atoms with Crippen LogP contribution in [0.2, 0.25) is 0 Å². The van der Waals surface area contributed by atoms with Crippen molar-refractivity contribution in [3.8, 4) is 0 Å². The molecule has 0 heterocycles. The molecule has 1 N–H and O–H groups in total. The normalized spacial score (nSPS) is 15.5. The number of carbonyl (C=O) groups is 1. The Kier molecular flexibility index (Phi) is 3.45. The molecule has 0 bridgehead atoms. The Hall–Kier alpha value is -2.23. The van der Waals surface area contributed by atoms with E-state index in [-0.39, 0.29) is 11.0 Å². The van der Waals surface area contributed by atoms with E-state index in [4.69, 9.17) is 0 Å². The number of halogens is 2. The Labute approximate surface area is 121 Å². The van der Waals surface area contributed by atoms with Crippen molar-refractivity contribution in [2.75, 3.05) is 6.54 Å². The molecule has 0 saturated heterocycles. The van der Waals surface area contributed by atoms with Crippen LogP contribution in [-0.4, -0.2) is 12.5 Å². The van der Waals surface area contributed by atoms with Crippen molar-refractivity contribution in [1.82, 2.24) is 5.32 Å². The van der Waals surface area contributed by atoms with Gasteiger partial charge in [0.05, 0.1) is 5.56 Å². The highest BCUT2D eigenvalue weighted by Crippen LogP contribution is 2.47. The molecule has 0 unspecified atom stereocenters. The standard InChI is InChI=1S/C17H15F2NO/c18-13-6-7-15(19)14(10-13)16(21)20-11-17(8-9-17)12-4-2-1-3-5-12/h1-7,10H,8-9,11H2,(H,20,21). The molecule has 2 aromatic rings. The van der Waals surface area contributed by atoms with Crippen LogP contribution in [-0.2, 0) is 5.41 Å². The number of benzene rings is 2. The van der Waals surface area contributed by atoms with E-state index in [1.54, 1.807) is 0 Å². The highest BCUT2D eigenvalue weighted by molar-refractivity contribution is 5.94. The number of amides is 1. The van der Waals surface area contributed by atoms with Crippen molar-refractivity contribution in [2.24, 2.45) is 0 Å². The van der Waals surface area contributed by atoms with Crippen LogP contribution in [0.1, 0.15) is 28.8 Å². The molecule has 4 heteroatoms. The second-order valence-electron chi connectivity index (χ2n) is 5.45. The predicted molar refractivity (Wildman–Crippen MR) is 76.0 cm³/mol. The molecule has 0 aromatic heterocycles. The largest absolute Gasteiger partial charge is 0.351 e. The van der Waals surface area contributed by atoms with Crippen molar-refractivity contribution in [2.45, 2.75) is 18.3 Å². The van der Waals surface area contributed by atoms with Gasteiger partial charge in [0.25, 0.3) is 5.91 Å². The number of carbonyl (C=O) groups excluding carboxylic acids is 1. The van der Waals surface area contributed by atoms with E-state index < -0.39 is 17.5 Å². The van der Waals surface area contributed by atoms with Gasteiger partial charge < -0.3 is 5.32 Å². The lowest BCUT2D eigenvalue weighted by Crippen LogP contribution is -2.32. The fourth-order valence-electron chi connectivity index (χ4n) is 2.53. The maximum absolute atomic E-state index is 13.6. The smallest absolute Gasteiger partial charge is 0.254 e. The monoisotopic (exact) mass is 287 g/mol. The third kappa shape index (κ3) is 2.79. The number of nitrogens with one attached hydrogen (secondary N) is 1. The molecule has 1 aliphatic rings. The van der Waals surface area contributed by atoms with Crippen LogP contribution >= 0.6 is 0 Å². The van der Waals surface area contributed by atoms with Crippen molar-refractivity contribution in [1.29, 1.82) is 0 Å². The summed E-state index contributed by atoms with van der Waals surface area (Å²) >= 11 is 0. The van der Waals surface area contributed by atoms with Crippen LogP contribution in [0.15, 0.2) is 48.5 Å². The molecule has 0 aliphatic heterocycles. The van der Waals surface area contributed by atoms with Gasteiger partial charge >= 0.3 is 0 Å². The Morgan fingerprint density at radius 2 is 1.81 bits per heavy atom. The summed E-state index contributed by atoms with van der Waals surface area (Å²) in [6, 6.07) is 12.8. The zero-order valence-corrected chi connectivity index (χ0v) is 11.4. The second kappa shape index (κ2) is 5.28. The molecule has 1 amide bonds. The maximum atomic E-state index is 13.6. The highest BCUT2D eigenvalue weighted by atomic mass is 19.1. The van der Waals surface area contributed by atoms with E-state index in [1.165, 1.54) is 5.56 Å². The topological polar surface area (TPSA) is 29.1 Å². The molecule has 1 fully saturated rings. The summed E-state index contributed by atoms with van der Waals surface area (Å²) in [5, 5.41) is 2.72. The summed E-state index contributed by atoms with van der Waals surface area (Å²) in [5.74, 6) is -1.90. The highest BCUT2D eigenvalue weighted by Gasteiger charge is 2.44. The second-order valence-corrected chi connectivity index (χ2v) is 5.45. The van der Waals surface area contributed by atoms with Gasteiger partial charge in [-0.2, -0.15) is 0 Å². The Bertz CT molecular complexity index is 666. The van der Waals surface area contributed by atoms with Crippen LogP contribution in [0.25, 0.3) is 0 Å². The summed E-state index contributed by atoms with van der Waals surface area (Å²) in [6.45, 7) is 0.436. The summed E-state index contributed by atoms with van der Waals surface area (Å²) < 4.78 is 26.7. The minimum absolute atomic E-state index is 0.0548. The van der Waals surface area contributed by atoms with Gasteiger partial charge in [-0.15, -0.1) is 0 Å². The first-order valence-electron chi connectivity index (χ1n) is 6.90. The van der Waals surface area contributed by atoms with E-state index in [2.05, 4.69) is 5.32 Å². The SMILES string of the molecule is O=C(NCC1(c2ccccc2)CC1)c1cc(F)ccc1F. The van der Waals surface area contributed by atoms with Gasteiger partial charge in [-0.05, 0) is 36.6 Å². The van der Waals surface area contributed by atoms with Gasteiger partial charge in [0.15, 0.2) is 0 Å². The predicted octanol–water partition coefficient (Wildman–Crippen LogP) is 3.43. The molecule has 1 saturated carbocycles. The quantitative estimate of drug-likeness (QED) is 0.917. The third-order valence-corrected chi connectivity index (χ3v) is 4.00. The minimum Gasteiger partial charge on any atom is -0.351 e. The zero-order valence-electron chi connectivity index (χ0n) is 11.4. The third-order valence-electron chi connectivity index (χ3n) is 4.00. The summed E-state index contributed by atoms with van der Waals surface area (Å²) in [7, 11) is 0. The van der Waals surface area contributed by atoms with Gasteiger partial charge in [0.1, 0.15) is 11.6 Å². The van der Waals surface area contributed by atoms with Crippen molar-refractivity contribution < 1.29 is 13.6 Å². The minimum atomic E-state index is -0.710. The average molecular weight is 287 g/mol. The van der Waals surface area contributed by atoms with Gasteiger partial charge in [0.2, 0.25) is 0 Å². The lowest BCUT2D eigenvalue weighted by Gasteiger charge is -2.16. The molecule has 1 aliphatic carbocycles. The molecular weight excluding hydrogens is 272 g/mol.